The summed E-state index contributed by atoms with van der Waals surface area (Å²) in [5.74, 6) is -0.982. The Kier molecular flexibility index (Phi) is 3.86. The van der Waals surface area contributed by atoms with Crippen molar-refractivity contribution in [3.05, 3.63) is 23.9 Å². The Balaban J connectivity index is 2.42. The Bertz CT molecular complexity index is 543. The monoisotopic (exact) mass is 302 g/mol. The lowest BCUT2D eigenvalue weighted by Crippen LogP contribution is -2.54. The van der Waals surface area contributed by atoms with Crippen LogP contribution in [0.5, 0.6) is 0 Å². The van der Waals surface area contributed by atoms with Gasteiger partial charge in [0.1, 0.15) is 17.6 Å². The number of carbonyl (C=O) groups is 1. The first kappa shape index (κ1) is 15.6. The van der Waals surface area contributed by atoms with E-state index < -0.39 is 29.3 Å². The van der Waals surface area contributed by atoms with Crippen LogP contribution in [0.25, 0.3) is 0 Å². The number of nitrogens with zero attached hydrogens (tertiary/aromatic N) is 2. The maximum atomic E-state index is 12.7. The predicted octanol–water partition coefficient (Wildman–Crippen LogP) is 3.18. The third-order valence-corrected chi connectivity index (χ3v) is 3.83. The molecule has 1 aromatic heterocycles. The van der Waals surface area contributed by atoms with Crippen molar-refractivity contribution in [2.45, 2.75) is 38.9 Å². The van der Waals surface area contributed by atoms with Gasteiger partial charge < -0.3 is 10.0 Å². The lowest BCUT2D eigenvalue weighted by molar-refractivity contribution is -0.142. The fourth-order valence-corrected chi connectivity index (χ4v) is 2.85. The molecule has 21 heavy (non-hydrogen) atoms. The molecule has 1 aliphatic rings. The molecule has 116 valence electrons. The van der Waals surface area contributed by atoms with Crippen molar-refractivity contribution in [2.75, 3.05) is 11.4 Å². The number of piperidine rings is 1. The zero-order chi connectivity index (χ0) is 15.8. The molecule has 7 heteroatoms. The van der Waals surface area contributed by atoms with E-state index in [0.29, 0.717) is 19.4 Å². The minimum absolute atomic E-state index is 0.0602. The van der Waals surface area contributed by atoms with E-state index in [9.17, 15) is 23.1 Å². The molecular formula is C14H17F3N2O2. The summed E-state index contributed by atoms with van der Waals surface area (Å²) in [6.45, 7) is 4.01. The lowest BCUT2D eigenvalue weighted by atomic mass is 9.76. The summed E-state index contributed by atoms with van der Waals surface area (Å²) in [5.41, 5.74) is -1.53. The van der Waals surface area contributed by atoms with Crippen molar-refractivity contribution in [2.24, 2.45) is 5.41 Å². The van der Waals surface area contributed by atoms with Crippen molar-refractivity contribution in [1.82, 2.24) is 4.98 Å². The standard InChI is InChI=1S/C14H17F3N2O2/c1-13(2)7-4-8-19(11(13)12(20)21)10-6-3-5-9(18-10)14(15,16)17/h3,5-6,11H,4,7-8H2,1-2H3,(H,20,21). The van der Waals surface area contributed by atoms with Gasteiger partial charge in [-0.25, -0.2) is 9.78 Å². The molecule has 2 heterocycles. The Hall–Kier alpha value is -1.79. The quantitative estimate of drug-likeness (QED) is 0.911. The zero-order valence-corrected chi connectivity index (χ0v) is 11.8. The number of halogens is 3. The number of anilines is 1. The second-order valence-corrected chi connectivity index (χ2v) is 5.91. The number of carboxylic acid groups (broad SMARTS) is 1. The summed E-state index contributed by atoms with van der Waals surface area (Å²) in [6, 6.07) is 2.68. The average Bonchev–Trinajstić information content (AvgIpc) is 2.36. The van der Waals surface area contributed by atoms with Crippen molar-refractivity contribution in [3.63, 3.8) is 0 Å². The topological polar surface area (TPSA) is 53.4 Å². The van der Waals surface area contributed by atoms with E-state index in [1.54, 1.807) is 0 Å². The van der Waals surface area contributed by atoms with Gasteiger partial charge in [-0.2, -0.15) is 13.2 Å². The highest BCUT2D eigenvalue weighted by Gasteiger charge is 2.43. The summed E-state index contributed by atoms with van der Waals surface area (Å²) in [4.78, 5) is 16.6. The molecule has 1 aliphatic heterocycles. The molecule has 1 unspecified atom stereocenters. The lowest BCUT2D eigenvalue weighted by Gasteiger charge is -2.44. The molecule has 2 rings (SSSR count). The van der Waals surface area contributed by atoms with Gasteiger partial charge in [-0.1, -0.05) is 19.9 Å². The third-order valence-electron chi connectivity index (χ3n) is 3.83. The number of pyridine rings is 1. The molecule has 1 fully saturated rings. The van der Waals surface area contributed by atoms with E-state index >= 15 is 0 Å². The van der Waals surface area contributed by atoms with Crippen LogP contribution in [0.15, 0.2) is 18.2 Å². The molecule has 1 aromatic rings. The van der Waals surface area contributed by atoms with Crippen LogP contribution in [0.4, 0.5) is 19.0 Å². The minimum atomic E-state index is -4.54. The van der Waals surface area contributed by atoms with Gasteiger partial charge in [0.05, 0.1) is 0 Å². The molecule has 0 saturated carbocycles. The summed E-state index contributed by atoms with van der Waals surface area (Å²) < 4.78 is 38.2. The normalized spacial score (nSPS) is 22.1. The fraction of sp³-hybridized carbons (Fsp3) is 0.571. The van der Waals surface area contributed by atoms with E-state index in [1.165, 1.54) is 17.0 Å². The number of aromatic nitrogens is 1. The summed E-state index contributed by atoms with van der Waals surface area (Å²) in [6.07, 6.45) is -3.12. The molecule has 0 aromatic carbocycles. The molecule has 0 bridgehead atoms. The molecule has 0 radical (unpaired) electrons. The first-order valence-electron chi connectivity index (χ1n) is 6.66. The van der Waals surface area contributed by atoms with E-state index in [4.69, 9.17) is 0 Å². The first-order chi connectivity index (χ1) is 9.63. The van der Waals surface area contributed by atoms with Gasteiger partial charge >= 0.3 is 12.1 Å². The molecule has 1 saturated heterocycles. The van der Waals surface area contributed by atoms with E-state index in [0.717, 1.165) is 6.07 Å². The van der Waals surface area contributed by atoms with Gasteiger partial charge in [0.25, 0.3) is 0 Å². The summed E-state index contributed by atoms with van der Waals surface area (Å²) in [7, 11) is 0. The van der Waals surface area contributed by atoms with Gasteiger partial charge in [-0.05, 0) is 30.4 Å². The number of rotatable bonds is 2. The van der Waals surface area contributed by atoms with Gasteiger partial charge in [0.2, 0.25) is 0 Å². The van der Waals surface area contributed by atoms with Crippen LogP contribution in [0.3, 0.4) is 0 Å². The van der Waals surface area contributed by atoms with Crippen molar-refractivity contribution >= 4 is 11.8 Å². The number of carboxylic acids is 1. The van der Waals surface area contributed by atoms with Crippen molar-refractivity contribution in [3.8, 4) is 0 Å². The summed E-state index contributed by atoms with van der Waals surface area (Å²) >= 11 is 0. The molecule has 0 spiro atoms. The largest absolute Gasteiger partial charge is 0.480 e. The van der Waals surface area contributed by atoms with E-state index in [-0.39, 0.29) is 5.82 Å². The molecule has 0 aliphatic carbocycles. The third kappa shape index (κ3) is 3.11. The number of alkyl halides is 3. The van der Waals surface area contributed by atoms with Crippen LogP contribution in [-0.2, 0) is 11.0 Å². The fourth-order valence-electron chi connectivity index (χ4n) is 2.85. The average molecular weight is 302 g/mol. The maximum absolute atomic E-state index is 12.7. The van der Waals surface area contributed by atoms with Crippen LogP contribution in [-0.4, -0.2) is 28.6 Å². The van der Waals surface area contributed by atoms with Gasteiger partial charge in [-0.15, -0.1) is 0 Å². The summed E-state index contributed by atoms with van der Waals surface area (Å²) in [5, 5.41) is 9.44. The maximum Gasteiger partial charge on any atom is 0.433 e. The predicted molar refractivity (Wildman–Crippen MR) is 71.0 cm³/mol. The van der Waals surface area contributed by atoms with Gasteiger partial charge in [0, 0.05) is 6.54 Å². The Labute approximate surface area is 120 Å². The van der Waals surface area contributed by atoms with E-state index in [2.05, 4.69) is 4.98 Å². The van der Waals surface area contributed by atoms with Gasteiger partial charge in [0.15, 0.2) is 0 Å². The molecule has 4 nitrogen and oxygen atoms in total. The highest BCUT2D eigenvalue weighted by atomic mass is 19.4. The number of aliphatic carboxylic acids is 1. The molecule has 1 atom stereocenters. The zero-order valence-electron chi connectivity index (χ0n) is 11.8. The second-order valence-electron chi connectivity index (χ2n) is 5.91. The minimum Gasteiger partial charge on any atom is -0.480 e. The SMILES string of the molecule is CC1(C)CCCN(c2cccc(C(F)(F)F)n2)C1C(=O)O. The molecule has 1 N–H and O–H groups in total. The van der Waals surface area contributed by atoms with Crippen LogP contribution >= 0.6 is 0 Å². The van der Waals surface area contributed by atoms with Crippen LogP contribution < -0.4 is 4.90 Å². The van der Waals surface area contributed by atoms with Crippen LogP contribution in [0.1, 0.15) is 32.4 Å². The van der Waals surface area contributed by atoms with Gasteiger partial charge in [-0.3, -0.25) is 0 Å². The Morgan fingerprint density at radius 3 is 2.67 bits per heavy atom. The van der Waals surface area contributed by atoms with Crippen LogP contribution in [0, 0.1) is 5.41 Å². The highest BCUT2D eigenvalue weighted by molar-refractivity contribution is 5.79. The smallest absolute Gasteiger partial charge is 0.433 e. The Morgan fingerprint density at radius 2 is 2.10 bits per heavy atom. The second kappa shape index (κ2) is 5.20. The molecule has 0 amide bonds. The van der Waals surface area contributed by atoms with E-state index in [1.807, 2.05) is 13.8 Å². The number of hydrogen-bond donors (Lipinski definition) is 1. The number of hydrogen-bond acceptors (Lipinski definition) is 3. The Morgan fingerprint density at radius 1 is 1.43 bits per heavy atom. The van der Waals surface area contributed by atoms with Crippen molar-refractivity contribution in [1.29, 1.82) is 0 Å². The first-order valence-corrected chi connectivity index (χ1v) is 6.66. The highest BCUT2D eigenvalue weighted by Crippen LogP contribution is 2.38. The van der Waals surface area contributed by atoms with Crippen molar-refractivity contribution < 1.29 is 23.1 Å². The molecular weight excluding hydrogens is 285 g/mol. The van der Waals surface area contributed by atoms with Crippen LogP contribution in [0.2, 0.25) is 0 Å².